The largest absolute Gasteiger partial charge is 0.497 e. The van der Waals surface area contributed by atoms with E-state index in [2.05, 4.69) is 4.98 Å². The first-order chi connectivity index (χ1) is 5.24. The zero-order valence-corrected chi connectivity index (χ0v) is 6.61. The number of nitrogens with zero attached hydrogens (tertiary/aromatic N) is 1. The Labute approximate surface area is 65.7 Å². The molecular formula is C8H11NO2. The molecule has 0 aliphatic heterocycles. The monoisotopic (exact) mass is 153 g/mol. The van der Waals surface area contributed by atoms with Gasteiger partial charge >= 0.3 is 0 Å². The van der Waals surface area contributed by atoms with Crippen molar-refractivity contribution in [3.63, 3.8) is 0 Å². The molecule has 11 heavy (non-hydrogen) atoms. The lowest BCUT2D eigenvalue weighted by Crippen LogP contribution is -1.95. The van der Waals surface area contributed by atoms with E-state index in [9.17, 15) is 0 Å². The quantitative estimate of drug-likeness (QED) is 0.692. The van der Waals surface area contributed by atoms with Gasteiger partial charge in [-0.15, -0.1) is 0 Å². The van der Waals surface area contributed by atoms with Crippen molar-refractivity contribution in [2.24, 2.45) is 0 Å². The molecule has 0 aliphatic carbocycles. The van der Waals surface area contributed by atoms with Gasteiger partial charge in [0.2, 0.25) is 0 Å². The molecule has 3 nitrogen and oxygen atoms in total. The number of rotatable bonds is 2. The van der Waals surface area contributed by atoms with Crippen molar-refractivity contribution >= 4 is 0 Å². The molecule has 1 rings (SSSR count). The van der Waals surface area contributed by atoms with Gasteiger partial charge in [-0.1, -0.05) is 0 Å². The molecule has 1 heterocycles. The topological polar surface area (TPSA) is 42.4 Å². The second kappa shape index (κ2) is 3.34. The number of methoxy groups -OCH3 is 1. The Balaban J connectivity index is 2.91. The molecule has 0 radical (unpaired) electrons. The van der Waals surface area contributed by atoms with Crippen LogP contribution >= 0.6 is 0 Å². The van der Waals surface area contributed by atoms with Crippen LogP contribution in [0.15, 0.2) is 18.3 Å². The van der Waals surface area contributed by atoms with Gasteiger partial charge in [0.05, 0.1) is 18.9 Å². The average molecular weight is 153 g/mol. The number of ether oxygens (including phenoxy) is 1. The van der Waals surface area contributed by atoms with Crippen molar-refractivity contribution in [2.45, 2.75) is 13.0 Å². The van der Waals surface area contributed by atoms with Crippen molar-refractivity contribution < 1.29 is 9.84 Å². The Bertz CT molecular complexity index is 235. The van der Waals surface area contributed by atoms with E-state index < -0.39 is 6.10 Å². The molecular weight excluding hydrogens is 142 g/mol. The Morgan fingerprint density at radius 2 is 2.36 bits per heavy atom. The van der Waals surface area contributed by atoms with E-state index in [1.165, 1.54) is 0 Å². The number of hydrogen-bond donors (Lipinski definition) is 1. The van der Waals surface area contributed by atoms with E-state index in [4.69, 9.17) is 9.84 Å². The number of aromatic nitrogens is 1. The standard InChI is InChI=1S/C8H11NO2/c1-6(10)8-5-7(11-2)3-4-9-8/h3-6,10H,1-2H3. The van der Waals surface area contributed by atoms with Crippen molar-refractivity contribution in [1.82, 2.24) is 4.98 Å². The Kier molecular flexibility index (Phi) is 2.44. The van der Waals surface area contributed by atoms with Crippen LogP contribution in [0.3, 0.4) is 0 Å². The summed E-state index contributed by atoms with van der Waals surface area (Å²) in [7, 11) is 1.58. The Hall–Kier alpha value is -1.09. The zero-order valence-electron chi connectivity index (χ0n) is 6.61. The first kappa shape index (κ1) is 8.01. The smallest absolute Gasteiger partial charge is 0.122 e. The van der Waals surface area contributed by atoms with Crippen LogP contribution in [0, 0.1) is 0 Å². The maximum atomic E-state index is 9.13. The number of aliphatic hydroxyl groups is 1. The molecule has 60 valence electrons. The van der Waals surface area contributed by atoms with Crippen LogP contribution in [0.1, 0.15) is 18.7 Å². The predicted molar refractivity (Wildman–Crippen MR) is 41.4 cm³/mol. The van der Waals surface area contributed by atoms with E-state index in [1.807, 2.05) is 0 Å². The van der Waals surface area contributed by atoms with Crippen molar-refractivity contribution in [1.29, 1.82) is 0 Å². The lowest BCUT2D eigenvalue weighted by Gasteiger charge is -2.04. The molecule has 0 spiro atoms. The number of hydrogen-bond acceptors (Lipinski definition) is 3. The summed E-state index contributed by atoms with van der Waals surface area (Å²) in [5.74, 6) is 0.718. The molecule has 1 atom stereocenters. The fourth-order valence-electron chi connectivity index (χ4n) is 0.783. The molecule has 0 bridgehead atoms. The van der Waals surface area contributed by atoms with Crippen molar-refractivity contribution in [2.75, 3.05) is 7.11 Å². The van der Waals surface area contributed by atoms with Crippen LogP contribution in [-0.2, 0) is 0 Å². The fourth-order valence-corrected chi connectivity index (χ4v) is 0.783. The van der Waals surface area contributed by atoms with Crippen molar-refractivity contribution in [3.05, 3.63) is 24.0 Å². The van der Waals surface area contributed by atoms with Crippen LogP contribution in [-0.4, -0.2) is 17.2 Å². The van der Waals surface area contributed by atoms with Crippen LogP contribution in [0.2, 0.25) is 0 Å². The third kappa shape index (κ3) is 1.91. The van der Waals surface area contributed by atoms with Gasteiger partial charge in [0.1, 0.15) is 5.75 Å². The summed E-state index contributed by atoms with van der Waals surface area (Å²) in [6.45, 7) is 1.67. The van der Waals surface area contributed by atoms with Gasteiger partial charge < -0.3 is 9.84 Å². The first-order valence-electron chi connectivity index (χ1n) is 3.42. The molecule has 1 aromatic heterocycles. The van der Waals surface area contributed by atoms with Crippen LogP contribution in [0.4, 0.5) is 0 Å². The SMILES string of the molecule is COc1ccnc(C(C)O)c1. The highest BCUT2D eigenvalue weighted by Gasteiger charge is 2.02. The van der Waals surface area contributed by atoms with Gasteiger partial charge in [-0.05, 0) is 13.0 Å². The normalized spacial score (nSPS) is 12.6. The molecule has 3 heteroatoms. The van der Waals surface area contributed by atoms with E-state index >= 15 is 0 Å². The minimum absolute atomic E-state index is 0.537. The number of pyridine rings is 1. The third-order valence-electron chi connectivity index (χ3n) is 1.42. The molecule has 0 amide bonds. The molecule has 1 N–H and O–H groups in total. The highest BCUT2D eigenvalue weighted by Crippen LogP contribution is 2.14. The summed E-state index contributed by atoms with van der Waals surface area (Å²) >= 11 is 0. The number of aliphatic hydroxyl groups excluding tert-OH is 1. The van der Waals surface area contributed by atoms with Crippen LogP contribution < -0.4 is 4.74 Å². The van der Waals surface area contributed by atoms with Gasteiger partial charge in [-0.25, -0.2) is 0 Å². The van der Waals surface area contributed by atoms with Gasteiger partial charge in [0.25, 0.3) is 0 Å². The van der Waals surface area contributed by atoms with Crippen LogP contribution in [0.5, 0.6) is 5.75 Å². The molecule has 1 unspecified atom stereocenters. The summed E-state index contributed by atoms with van der Waals surface area (Å²) in [5, 5.41) is 9.13. The van der Waals surface area contributed by atoms with Crippen LogP contribution in [0.25, 0.3) is 0 Å². The highest BCUT2D eigenvalue weighted by atomic mass is 16.5. The van der Waals surface area contributed by atoms with E-state index in [1.54, 1.807) is 32.4 Å². The summed E-state index contributed by atoms with van der Waals surface area (Å²) in [6, 6.07) is 3.45. The zero-order chi connectivity index (χ0) is 8.27. The molecule has 0 fully saturated rings. The molecule has 0 saturated heterocycles. The fraction of sp³-hybridized carbons (Fsp3) is 0.375. The minimum atomic E-state index is -0.537. The average Bonchev–Trinajstić information content (AvgIpc) is 2.05. The maximum Gasteiger partial charge on any atom is 0.122 e. The molecule has 1 aromatic rings. The molecule has 0 aromatic carbocycles. The highest BCUT2D eigenvalue weighted by molar-refractivity contribution is 5.23. The van der Waals surface area contributed by atoms with Crippen molar-refractivity contribution in [3.8, 4) is 5.75 Å². The van der Waals surface area contributed by atoms with Gasteiger partial charge in [0.15, 0.2) is 0 Å². The Morgan fingerprint density at radius 1 is 1.64 bits per heavy atom. The van der Waals surface area contributed by atoms with E-state index in [-0.39, 0.29) is 0 Å². The van der Waals surface area contributed by atoms with Gasteiger partial charge in [-0.2, -0.15) is 0 Å². The van der Waals surface area contributed by atoms with E-state index in [0.29, 0.717) is 5.69 Å². The molecule has 0 saturated carbocycles. The lowest BCUT2D eigenvalue weighted by atomic mass is 10.2. The first-order valence-corrected chi connectivity index (χ1v) is 3.42. The maximum absolute atomic E-state index is 9.13. The summed E-state index contributed by atoms with van der Waals surface area (Å²) < 4.78 is 4.95. The predicted octanol–water partition coefficient (Wildman–Crippen LogP) is 1.14. The second-order valence-electron chi connectivity index (χ2n) is 2.30. The Morgan fingerprint density at radius 3 is 2.91 bits per heavy atom. The summed E-state index contributed by atoms with van der Waals surface area (Å²) in [4.78, 5) is 3.96. The second-order valence-corrected chi connectivity index (χ2v) is 2.30. The molecule has 0 aliphatic rings. The summed E-state index contributed by atoms with van der Waals surface area (Å²) in [6.07, 6.45) is 1.08. The minimum Gasteiger partial charge on any atom is -0.497 e. The van der Waals surface area contributed by atoms with Gasteiger partial charge in [0, 0.05) is 12.3 Å². The van der Waals surface area contributed by atoms with E-state index in [0.717, 1.165) is 5.75 Å². The lowest BCUT2D eigenvalue weighted by molar-refractivity contribution is 0.194. The van der Waals surface area contributed by atoms with Gasteiger partial charge in [-0.3, -0.25) is 4.98 Å². The summed E-state index contributed by atoms with van der Waals surface area (Å²) in [5.41, 5.74) is 0.629. The third-order valence-corrected chi connectivity index (χ3v) is 1.42.